The molecule has 0 aromatic heterocycles. The SMILES string of the molecule is C[C@H]1C[C@H](C)CN(CCCOc2ccc(C3=NCCCC3)cc2)C1. The summed E-state index contributed by atoms with van der Waals surface area (Å²) >= 11 is 0. The highest BCUT2D eigenvalue weighted by Crippen LogP contribution is 2.21. The van der Waals surface area contributed by atoms with Crippen LogP contribution in [0.25, 0.3) is 0 Å². The Labute approximate surface area is 147 Å². The minimum Gasteiger partial charge on any atom is -0.494 e. The van der Waals surface area contributed by atoms with Crippen LogP contribution >= 0.6 is 0 Å². The molecule has 132 valence electrons. The third-order valence-corrected chi connectivity index (χ3v) is 5.14. The van der Waals surface area contributed by atoms with Gasteiger partial charge in [0, 0.05) is 31.9 Å². The minimum absolute atomic E-state index is 0.805. The number of aliphatic imine (C=N–C) groups is 1. The molecule has 2 heterocycles. The number of nitrogens with zero attached hydrogens (tertiary/aromatic N) is 2. The highest BCUT2D eigenvalue weighted by molar-refractivity contribution is 6.00. The smallest absolute Gasteiger partial charge is 0.119 e. The molecule has 0 unspecified atom stereocenters. The maximum Gasteiger partial charge on any atom is 0.119 e. The molecule has 0 amide bonds. The number of rotatable bonds is 6. The first kappa shape index (κ1) is 17.5. The van der Waals surface area contributed by atoms with E-state index in [1.54, 1.807) is 0 Å². The molecule has 2 aliphatic rings. The maximum atomic E-state index is 5.93. The Morgan fingerprint density at radius 1 is 1.08 bits per heavy atom. The molecule has 1 aromatic rings. The Balaban J connectivity index is 1.40. The van der Waals surface area contributed by atoms with Crippen LogP contribution in [0.3, 0.4) is 0 Å². The third kappa shape index (κ3) is 5.07. The molecule has 1 saturated heterocycles. The molecule has 3 rings (SSSR count). The van der Waals surface area contributed by atoms with Crippen molar-refractivity contribution in [3.05, 3.63) is 29.8 Å². The van der Waals surface area contributed by atoms with Crippen molar-refractivity contribution in [2.24, 2.45) is 16.8 Å². The van der Waals surface area contributed by atoms with Gasteiger partial charge in [-0.3, -0.25) is 4.99 Å². The second-order valence-electron chi connectivity index (χ2n) is 7.72. The number of piperidine rings is 1. The summed E-state index contributed by atoms with van der Waals surface area (Å²) in [5, 5.41) is 0. The van der Waals surface area contributed by atoms with Crippen LogP contribution in [-0.4, -0.2) is 43.4 Å². The molecular formula is C21H32N2O. The molecule has 0 bridgehead atoms. The Hall–Kier alpha value is -1.35. The van der Waals surface area contributed by atoms with Crippen molar-refractivity contribution >= 4 is 5.71 Å². The van der Waals surface area contributed by atoms with E-state index in [1.165, 1.54) is 43.6 Å². The van der Waals surface area contributed by atoms with Gasteiger partial charge in [-0.2, -0.15) is 0 Å². The van der Waals surface area contributed by atoms with Gasteiger partial charge < -0.3 is 9.64 Å². The van der Waals surface area contributed by atoms with Gasteiger partial charge in [0.25, 0.3) is 0 Å². The van der Waals surface area contributed by atoms with Crippen LogP contribution in [-0.2, 0) is 0 Å². The molecular weight excluding hydrogens is 296 g/mol. The van der Waals surface area contributed by atoms with Crippen LogP contribution in [0, 0.1) is 11.8 Å². The van der Waals surface area contributed by atoms with Crippen LogP contribution in [0.15, 0.2) is 29.3 Å². The van der Waals surface area contributed by atoms with Gasteiger partial charge in [0.15, 0.2) is 0 Å². The van der Waals surface area contributed by atoms with E-state index >= 15 is 0 Å². The second kappa shape index (κ2) is 8.66. The highest BCUT2D eigenvalue weighted by atomic mass is 16.5. The molecule has 3 heteroatoms. The van der Waals surface area contributed by atoms with Gasteiger partial charge in [-0.15, -0.1) is 0 Å². The van der Waals surface area contributed by atoms with Crippen molar-refractivity contribution in [3.8, 4) is 5.75 Å². The van der Waals surface area contributed by atoms with Gasteiger partial charge in [0.05, 0.1) is 6.61 Å². The second-order valence-corrected chi connectivity index (χ2v) is 7.72. The van der Waals surface area contributed by atoms with Crippen molar-refractivity contribution in [3.63, 3.8) is 0 Å². The van der Waals surface area contributed by atoms with E-state index in [2.05, 4.69) is 48.0 Å². The molecule has 0 spiro atoms. The van der Waals surface area contributed by atoms with Gasteiger partial charge in [0.1, 0.15) is 5.75 Å². The summed E-state index contributed by atoms with van der Waals surface area (Å²) in [6.07, 6.45) is 6.11. The van der Waals surface area contributed by atoms with E-state index < -0.39 is 0 Å². The molecule has 24 heavy (non-hydrogen) atoms. The van der Waals surface area contributed by atoms with E-state index in [-0.39, 0.29) is 0 Å². The van der Waals surface area contributed by atoms with Gasteiger partial charge in [0.2, 0.25) is 0 Å². The van der Waals surface area contributed by atoms with Crippen LogP contribution in [0.2, 0.25) is 0 Å². The van der Waals surface area contributed by atoms with Crippen LogP contribution in [0.4, 0.5) is 0 Å². The van der Waals surface area contributed by atoms with Crippen molar-refractivity contribution in [2.75, 3.05) is 32.8 Å². The van der Waals surface area contributed by atoms with Crippen molar-refractivity contribution in [2.45, 2.75) is 46.0 Å². The maximum absolute atomic E-state index is 5.93. The lowest BCUT2D eigenvalue weighted by molar-refractivity contribution is 0.132. The predicted octanol–water partition coefficient (Wildman–Crippen LogP) is 4.41. The lowest BCUT2D eigenvalue weighted by Gasteiger charge is -2.34. The highest BCUT2D eigenvalue weighted by Gasteiger charge is 2.21. The zero-order valence-electron chi connectivity index (χ0n) is 15.3. The standard InChI is InChI=1S/C21H32N2O/c1-17-14-18(2)16-23(15-17)12-5-13-24-20-9-7-19(8-10-20)21-6-3-4-11-22-21/h7-10,17-18H,3-6,11-16H2,1-2H3/t17-,18-/m0/s1. The van der Waals surface area contributed by atoms with E-state index in [0.717, 1.165) is 50.1 Å². The van der Waals surface area contributed by atoms with Crippen molar-refractivity contribution < 1.29 is 4.74 Å². The van der Waals surface area contributed by atoms with Crippen molar-refractivity contribution in [1.29, 1.82) is 0 Å². The van der Waals surface area contributed by atoms with Gasteiger partial charge >= 0.3 is 0 Å². The summed E-state index contributed by atoms with van der Waals surface area (Å²) in [6.45, 7) is 10.2. The summed E-state index contributed by atoms with van der Waals surface area (Å²) in [5.41, 5.74) is 2.53. The molecule has 0 saturated carbocycles. The number of likely N-dealkylation sites (tertiary alicyclic amines) is 1. The lowest BCUT2D eigenvalue weighted by atomic mass is 9.92. The molecule has 0 aliphatic carbocycles. The molecule has 0 N–H and O–H groups in total. The van der Waals surface area contributed by atoms with E-state index in [9.17, 15) is 0 Å². The van der Waals surface area contributed by atoms with Crippen molar-refractivity contribution in [1.82, 2.24) is 4.90 Å². The fourth-order valence-corrected chi connectivity index (χ4v) is 4.13. The quantitative estimate of drug-likeness (QED) is 0.723. The Bertz CT molecular complexity index is 527. The van der Waals surface area contributed by atoms with E-state index in [0.29, 0.717) is 0 Å². The summed E-state index contributed by atoms with van der Waals surface area (Å²) in [6, 6.07) is 8.51. The first-order chi connectivity index (χ1) is 11.7. The largest absolute Gasteiger partial charge is 0.494 e. The summed E-state index contributed by atoms with van der Waals surface area (Å²) in [5.74, 6) is 2.66. The fourth-order valence-electron chi connectivity index (χ4n) is 4.13. The van der Waals surface area contributed by atoms with Gasteiger partial charge in [-0.1, -0.05) is 13.8 Å². The van der Waals surface area contributed by atoms with Gasteiger partial charge in [-0.05, 0) is 73.8 Å². The van der Waals surface area contributed by atoms with E-state index in [1.807, 2.05) is 0 Å². The number of hydrogen-bond donors (Lipinski definition) is 0. The minimum atomic E-state index is 0.805. The molecule has 1 aromatic carbocycles. The zero-order chi connectivity index (χ0) is 16.8. The van der Waals surface area contributed by atoms with E-state index in [4.69, 9.17) is 4.74 Å². The zero-order valence-corrected chi connectivity index (χ0v) is 15.3. The van der Waals surface area contributed by atoms with Crippen LogP contribution in [0.1, 0.15) is 51.5 Å². The normalized spacial score (nSPS) is 25.3. The first-order valence-corrected chi connectivity index (χ1v) is 9.69. The Morgan fingerprint density at radius 2 is 1.83 bits per heavy atom. The average Bonchev–Trinajstić information content (AvgIpc) is 2.59. The molecule has 3 nitrogen and oxygen atoms in total. The molecule has 2 atom stereocenters. The van der Waals surface area contributed by atoms with Crippen LogP contribution < -0.4 is 4.74 Å². The third-order valence-electron chi connectivity index (χ3n) is 5.14. The summed E-state index contributed by atoms with van der Waals surface area (Å²) in [7, 11) is 0. The topological polar surface area (TPSA) is 24.8 Å². The summed E-state index contributed by atoms with van der Waals surface area (Å²) < 4.78 is 5.93. The monoisotopic (exact) mass is 328 g/mol. The predicted molar refractivity (Wildman–Crippen MR) is 101 cm³/mol. The Morgan fingerprint density at radius 3 is 2.50 bits per heavy atom. The molecule has 2 aliphatic heterocycles. The first-order valence-electron chi connectivity index (χ1n) is 9.69. The Kier molecular flexibility index (Phi) is 6.30. The number of benzene rings is 1. The van der Waals surface area contributed by atoms with Gasteiger partial charge in [-0.25, -0.2) is 0 Å². The molecule has 1 fully saturated rings. The number of hydrogen-bond acceptors (Lipinski definition) is 3. The fraction of sp³-hybridized carbons (Fsp3) is 0.667. The molecule has 0 radical (unpaired) electrons. The van der Waals surface area contributed by atoms with Crippen LogP contribution in [0.5, 0.6) is 5.75 Å². The summed E-state index contributed by atoms with van der Waals surface area (Å²) in [4.78, 5) is 7.24. The average molecular weight is 329 g/mol. The lowest BCUT2D eigenvalue weighted by Crippen LogP contribution is -2.39. The number of ether oxygens (including phenoxy) is 1.